The predicted molar refractivity (Wildman–Crippen MR) is 60.0 cm³/mol. The fourth-order valence-corrected chi connectivity index (χ4v) is 2.02. The summed E-state index contributed by atoms with van der Waals surface area (Å²) >= 11 is 0. The van der Waals surface area contributed by atoms with Gasteiger partial charge in [-0.25, -0.2) is 4.18 Å². The Morgan fingerprint density at radius 2 is 1.53 bits per heavy atom. The van der Waals surface area contributed by atoms with E-state index in [-0.39, 0.29) is 5.41 Å². The van der Waals surface area contributed by atoms with E-state index in [1.165, 1.54) is 0 Å². The van der Waals surface area contributed by atoms with E-state index in [4.69, 9.17) is 4.55 Å². The topological polar surface area (TPSA) is 63.6 Å². The second kappa shape index (κ2) is 4.80. The molecule has 0 amide bonds. The highest BCUT2D eigenvalue weighted by Crippen LogP contribution is 2.26. The van der Waals surface area contributed by atoms with Crippen LogP contribution < -0.4 is 0 Å². The molecule has 0 aromatic heterocycles. The van der Waals surface area contributed by atoms with E-state index >= 15 is 0 Å². The van der Waals surface area contributed by atoms with Crippen LogP contribution in [0.4, 0.5) is 0 Å². The summed E-state index contributed by atoms with van der Waals surface area (Å²) in [7, 11) is -4.35. The third kappa shape index (κ3) is 10.2. The molecule has 1 N–H and O–H groups in total. The second-order valence-corrected chi connectivity index (χ2v) is 6.71. The van der Waals surface area contributed by atoms with Crippen LogP contribution in [0.1, 0.15) is 53.9 Å². The average molecular weight is 238 g/mol. The molecule has 92 valence electrons. The van der Waals surface area contributed by atoms with Gasteiger partial charge in [-0.2, -0.15) is 8.42 Å². The van der Waals surface area contributed by atoms with E-state index in [1.54, 1.807) is 13.8 Å². The fraction of sp³-hybridized carbons (Fsp3) is 1.00. The van der Waals surface area contributed by atoms with Crippen molar-refractivity contribution in [3.63, 3.8) is 0 Å². The first-order valence-electron chi connectivity index (χ1n) is 5.09. The molecule has 0 radical (unpaired) electrons. The van der Waals surface area contributed by atoms with Crippen LogP contribution in [0, 0.1) is 5.41 Å². The third-order valence-electron chi connectivity index (χ3n) is 2.04. The van der Waals surface area contributed by atoms with Gasteiger partial charge in [0.05, 0.1) is 5.60 Å². The van der Waals surface area contributed by atoms with Crippen molar-refractivity contribution in [2.45, 2.75) is 59.5 Å². The molecule has 0 saturated heterocycles. The minimum absolute atomic E-state index is 0.230. The molecular weight excluding hydrogens is 216 g/mol. The van der Waals surface area contributed by atoms with Crippen LogP contribution in [0.25, 0.3) is 0 Å². The Morgan fingerprint density at radius 1 is 1.07 bits per heavy atom. The Kier molecular flexibility index (Phi) is 4.76. The van der Waals surface area contributed by atoms with Gasteiger partial charge in [0.1, 0.15) is 0 Å². The van der Waals surface area contributed by atoms with Crippen LogP contribution in [0.15, 0.2) is 0 Å². The molecule has 0 atom stereocenters. The maximum Gasteiger partial charge on any atom is 0.397 e. The van der Waals surface area contributed by atoms with Gasteiger partial charge in [-0.1, -0.05) is 27.2 Å². The molecular formula is C10H22O4S. The van der Waals surface area contributed by atoms with Crippen LogP contribution >= 0.6 is 0 Å². The predicted octanol–water partition coefficient (Wildman–Crippen LogP) is 2.80. The fourth-order valence-electron chi connectivity index (χ4n) is 1.37. The molecule has 0 aliphatic carbocycles. The van der Waals surface area contributed by atoms with Gasteiger partial charge >= 0.3 is 10.4 Å². The summed E-state index contributed by atoms with van der Waals surface area (Å²) in [5.41, 5.74) is -0.604. The largest absolute Gasteiger partial charge is 0.397 e. The van der Waals surface area contributed by atoms with Crippen molar-refractivity contribution in [1.82, 2.24) is 0 Å². The van der Waals surface area contributed by atoms with Gasteiger partial charge < -0.3 is 0 Å². The normalized spacial score (nSPS) is 14.3. The standard InChI is InChI=1S/C10H22O4S/c1-9(2,3)7-6-8-10(4,5)14-15(11,12)13/h6-8H2,1-5H3,(H,11,12,13). The van der Waals surface area contributed by atoms with Crippen LogP contribution in [0.2, 0.25) is 0 Å². The molecule has 0 aromatic rings. The molecule has 0 unspecified atom stereocenters. The summed E-state index contributed by atoms with van der Waals surface area (Å²) in [6, 6.07) is 0. The van der Waals surface area contributed by atoms with Crippen molar-refractivity contribution in [1.29, 1.82) is 0 Å². The number of hydrogen-bond acceptors (Lipinski definition) is 3. The molecule has 0 bridgehead atoms. The first-order valence-corrected chi connectivity index (χ1v) is 6.46. The van der Waals surface area contributed by atoms with Crippen molar-refractivity contribution in [2.24, 2.45) is 5.41 Å². The highest BCUT2D eigenvalue weighted by molar-refractivity contribution is 7.80. The third-order valence-corrected chi connectivity index (χ3v) is 2.70. The molecule has 0 saturated carbocycles. The zero-order chi connectivity index (χ0) is 12.3. The SMILES string of the molecule is CC(C)(C)CCCC(C)(C)OS(=O)(=O)O. The molecule has 0 rings (SSSR count). The van der Waals surface area contributed by atoms with E-state index < -0.39 is 16.0 Å². The molecule has 15 heavy (non-hydrogen) atoms. The zero-order valence-electron chi connectivity index (χ0n) is 10.2. The lowest BCUT2D eigenvalue weighted by Gasteiger charge is -2.25. The molecule has 0 heterocycles. The molecule has 0 aromatic carbocycles. The van der Waals surface area contributed by atoms with Gasteiger partial charge in [-0.15, -0.1) is 0 Å². The zero-order valence-corrected chi connectivity index (χ0v) is 11.0. The van der Waals surface area contributed by atoms with Crippen molar-refractivity contribution in [3.05, 3.63) is 0 Å². The summed E-state index contributed by atoms with van der Waals surface area (Å²) in [6.07, 6.45) is 2.46. The Morgan fingerprint density at radius 3 is 1.87 bits per heavy atom. The summed E-state index contributed by atoms with van der Waals surface area (Å²) in [4.78, 5) is 0. The summed E-state index contributed by atoms with van der Waals surface area (Å²) in [6.45, 7) is 9.70. The quantitative estimate of drug-likeness (QED) is 0.748. The highest BCUT2D eigenvalue weighted by atomic mass is 32.3. The number of rotatable bonds is 5. The molecule has 0 spiro atoms. The van der Waals surface area contributed by atoms with Crippen LogP contribution in [-0.2, 0) is 14.6 Å². The lowest BCUT2D eigenvalue weighted by molar-refractivity contribution is 0.0848. The minimum atomic E-state index is -4.35. The Bertz CT molecular complexity index is 285. The van der Waals surface area contributed by atoms with E-state index in [0.717, 1.165) is 12.8 Å². The van der Waals surface area contributed by atoms with Crippen LogP contribution in [0.5, 0.6) is 0 Å². The van der Waals surface area contributed by atoms with E-state index in [0.29, 0.717) is 6.42 Å². The smallest absolute Gasteiger partial charge is 0.264 e. The minimum Gasteiger partial charge on any atom is -0.264 e. The van der Waals surface area contributed by atoms with Crippen molar-refractivity contribution in [2.75, 3.05) is 0 Å². The van der Waals surface area contributed by atoms with Gasteiger partial charge in [-0.3, -0.25) is 4.55 Å². The van der Waals surface area contributed by atoms with Crippen molar-refractivity contribution in [3.8, 4) is 0 Å². The molecule has 0 fully saturated rings. The highest BCUT2D eigenvalue weighted by Gasteiger charge is 2.25. The van der Waals surface area contributed by atoms with E-state index in [9.17, 15) is 8.42 Å². The average Bonchev–Trinajstić information content (AvgIpc) is 1.75. The lowest BCUT2D eigenvalue weighted by Crippen LogP contribution is -2.28. The van der Waals surface area contributed by atoms with Crippen molar-refractivity contribution < 1.29 is 17.2 Å². The maximum atomic E-state index is 10.5. The molecule has 5 heteroatoms. The first-order chi connectivity index (χ1) is 6.41. The van der Waals surface area contributed by atoms with Crippen molar-refractivity contribution >= 4 is 10.4 Å². The van der Waals surface area contributed by atoms with E-state index in [2.05, 4.69) is 25.0 Å². The second-order valence-electron chi connectivity index (χ2n) is 5.68. The molecule has 0 aliphatic rings. The van der Waals surface area contributed by atoms with Gasteiger partial charge in [0.2, 0.25) is 0 Å². The molecule has 4 nitrogen and oxygen atoms in total. The van der Waals surface area contributed by atoms with Gasteiger partial charge in [-0.05, 0) is 32.1 Å². The molecule has 0 aliphatic heterocycles. The van der Waals surface area contributed by atoms with Gasteiger partial charge in [0.25, 0.3) is 0 Å². The Hall–Kier alpha value is -0.130. The van der Waals surface area contributed by atoms with Crippen LogP contribution in [0.3, 0.4) is 0 Å². The first kappa shape index (κ1) is 14.9. The monoisotopic (exact) mass is 238 g/mol. The Balaban J connectivity index is 4.06. The maximum absolute atomic E-state index is 10.5. The lowest BCUT2D eigenvalue weighted by atomic mass is 9.87. The van der Waals surface area contributed by atoms with Gasteiger partial charge in [0, 0.05) is 0 Å². The number of hydrogen-bond donors (Lipinski definition) is 1. The summed E-state index contributed by atoms with van der Waals surface area (Å²) < 4.78 is 34.2. The van der Waals surface area contributed by atoms with Crippen LogP contribution in [-0.4, -0.2) is 18.6 Å². The summed E-state index contributed by atoms with van der Waals surface area (Å²) in [5, 5.41) is 0. The summed E-state index contributed by atoms with van der Waals surface area (Å²) in [5.74, 6) is 0. The van der Waals surface area contributed by atoms with Gasteiger partial charge in [0.15, 0.2) is 0 Å². The van der Waals surface area contributed by atoms with E-state index in [1.807, 2.05) is 0 Å². The Labute approximate surface area is 93.0 Å².